The highest BCUT2D eigenvalue weighted by molar-refractivity contribution is 5.93. The van der Waals surface area contributed by atoms with E-state index in [1.807, 2.05) is 0 Å². The average molecular weight is 307 g/mol. The number of aromatic nitrogens is 1. The Bertz CT molecular complexity index is 469. The van der Waals surface area contributed by atoms with Crippen molar-refractivity contribution in [1.82, 2.24) is 10.1 Å². The monoisotopic (exact) mass is 307 g/mol. The SMILES string of the molecule is CCCCCCC(=O)N(CC(=O)Nc1ccon1)CC1CC1. The highest BCUT2D eigenvalue weighted by Gasteiger charge is 2.27. The number of rotatable bonds is 10. The molecular weight excluding hydrogens is 282 g/mol. The minimum Gasteiger partial charge on any atom is -0.363 e. The zero-order valence-corrected chi connectivity index (χ0v) is 13.2. The van der Waals surface area contributed by atoms with E-state index < -0.39 is 0 Å². The Morgan fingerprint density at radius 1 is 1.36 bits per heavy atom. The number of hydrogen-bond donors (Lipinski definition) is 1. The Morgan fingerprint density at radius 3 is 2.82 bits per heavy atom. The van der Waals surface area contributed by atoms with E-state index in [4.69, 9.17) is 0 Å². The van der Waals surface area contributed by atoms with Gasteiger partial charge in [0.2, 0.25) is 11.8 Å². The van der Waals surface area contributed by atoms with E-state index in [-0.39, 0.29) is 18.4 Å². The molecule has 0 unspecified atom stereocenters. The van der Waals surface area contributed by atoms with Crippen LogP contribution in [0.25, 0.3) is 0 Å². The van der Waals surface area contributed by atoms with Gasteiger partial charge in [0.15, 0.2) is 5.82 Å². The van der Waals surface area contributed by atoms with Gasteiger partial charge in [-0.1, -0.05) is 31.3 Å². The number of amides is 2. The molecule has 0 radical (unpaired) electrons. The Kier molecular flexibility index (Phi) is 6.43. The summed E-state index contributed by atoms with van der Waals surface area (Å²) in [6, 6.07) is 1.58. The third-order valence-corrected chi connectivity index (χ3v) is 3.81. The fourth-order valence-corrected chi connectivity index (χ4v) is 2.36. The van der Waals surface area contributed by atoms with E-state index in [0.29, 0.717) is 24.7 Å². The second kappa shape index (κ2) is 8.56. The summed E-state index contributed by atoms with van der Waals surface area (Å²) in [7, 11) is 0. The van der Waals surface area contributed by atoms with E-state index in [2.05, 4.69) is 21.9 Å². The summed E-state index contributed by atoms with van der Waals surface area (Å²) < 4.78 is 4.67. The van der Waals surface area contributed by atoms with E-state index >= 15 is 0 Å². The summed E-state index contributed by atoms with van der Waals surface area (Å²) in [6.45, 7) is 2.93. The van der Waals surface area contributed by atoms with E-state index in [1.54, 1.807) is 11.0 Å². The van der Waals surface area contributed by atoms with E-state index in [0.717, 1.165) is 38.5 Å². The van der Waals surface area contributed by atoms with Crippen LogP contribution in [0.1, 0.15) is 51.9 Å². The molecule has 0 saturated heterocycles. The van der Waals surface area contributed by atoms with Gasteiger partial charge in [-0.15, -0.1) is 0 Å². The molecule has 1 aromatic rings. The summed E-state index contributed by atoms with van der Waals surface area (Å²) in [6.07, 6.45) is 8.53. The van der Waals surface area contributed by atoms with Crippen molar-refractivity contribution in [2.75, 3.05) is 18.4 Å². The molecule has 22 heavy (non-hydrogen) atoms. The Morgan fingerprint density at radius 2 is 2.18 bits per heavy atom. The summed E-state index contributed by atoms with van der Waals surface area (Å²) in [5.74, 6) is 0.806. The molecule has 0 aliphatic heterocycles. The normalized spacial score (nSPS) is 13.9. The maximum Gasteiger partial charge on any atom is 0.245 e. The predicted octanol–water partition coefficient (Wildman–Crippen LogP) is 2.82. The lowest BCUT2D eigenvalue weighted by Gasteiger charge is -2.22. The summed E-state index contributed by atoms with van der Waals surface area (Å²) in [4.78, 5) is 26.0. The highest BCUT2D eigenvalue weighted by atomic mass is 16.5. The molecule has 2 rings (SSSR count). The van der Waals surface area contributed by atoms with Gasteiger partial charge in [-0.05, 0) is 25.2 Å². The lowest BCUT2D eigenvalue weighted by atomic mass is 10.1. The maximum atomic E-state index is 12.3. The molecule has 6 nitrogen and oxygen atoms in total. The molecule has 0 aromatic carbocycles. The van der Waals surface area contributed by atoms with Gasteiger partial charge in [-0.2, -0.15) is 0 Å². The smallest absolute Gasteiger partial charge is 0.245 e. The van der Waals surface area contributed by atoms with Crippen molar-refractivity contribution < 1.29 is 14.1 Å². The van der Waals surface area contributed by atoms with Crippen molar-refractivity contribution in [2.45, 2.75) is 51.9 Å². The zero-order valence-electron chi connectivity index (χ0n) is 13.2. The molecule has 0 bridgehead atoms. The van der Waals surface area contributed by atoms with Gasteiger partial charge in [0.25, 0.3) is 0 Å². The van der Waals surface area contributed by atoms with Crippen LogP contribution in [0.3, 0.4) is 0 Å². The van der Waals surface area contributed by atoms with E-state index in [1.165, 1.54) is 6.26 Å². The largest absolute Gasteiger partial charge is 0.363 e. The van der Waals surface area contributed by atoms with Crippen LogP contribution >= 0.6 is 0 Å². The molecule has 1 aliphatic rings. The molecule has 1 fully saturated rings. The zero-order chi connectivity index (χ0) is 15.8. The van der Waals surface area contributed by atoms with Crippen LogP contribution in [0, 0.1) is 5.92 Å². The first-order valence-corrected chi connectivity index (χ1v) is 8.17. The van der Waals surface area contributed by atoms with Crippen LogP contribution in [-0.4, -0.2) is 35.0 Å². The van der Waals surface area contributed by atoms with Crippen molar-refractivity contribution in [1.29, 1.82) is 0 Å². The molecule has 1 heterocycles. The standard InChI is InChI=1S/C16H25N3O3/c1-2-3-4-5-6-16(21)19(11-13-7-8-13)12-15(20)17-14-9-10-22-18-14/h9-10,13H,2-8,11-12H2,1H3,(H,17,18,20). The first-order valence-electron chi connectivity index (χ1n) is 8.17. The Balaban J connectivity index is 1.79. The fraction of sp³-hybridized carbons (Fsp3) is 0.688. The predicted molar refractivity (Wildman–Crippen MR) is 83.2 cm³/mol. The Hall–Kier alpha value is -1.85. The van der Waals surface area contributed by atoms with Crippen LogP contribution in [0.5, 0.6) is 0 Å². The minimum absolute atomic E-state index is 0.0818. The van der Waals surface area contributed by atoms with Crippen LogP contribution in [0.2, 0.25) is 0 Å². The molecule has 1 aliphatic carbocycles. The number of unbranched alkanes of at least 4 members (excludes halogenated alkanes) is 3. The van der Waals surface area contributed by atoms with Gasteiger partial charge in [-0.3, -0.25) is 9.59 Å². The Labute approximate surface area is 131 Å². The molecule has 1 saturated carbocycles. The van der Waals surface area contributed by atoms with Crippen molar-refractivity contribution in [3.05, 3.63) is 12.3 Å². The van der Waals surface area contributed by atoms with Crippen molar-refractivity contribution in [3.63, 3.8) is 0 Å². The van der Waals surface area contributed by atoms with Crippen LogP contribution in [-0.2, 0) is 9.59 Å². The summed E-state index contributed by atoms with van der Waals surface area (Å²) in [5.41, 5.74) is 0. The third kappa shape index (κ3) is 5.87. The van der Waals surface area contributed by atoms with Gasteiger partial charge in [-0.25, -0.2) is 0 Å². The number of carbonyl (C=O) groups is 2. The lowest BCUT2D eigenvalue weighted by molar-refractivity contribution is -0.135. The molecular formula is C16H25N3O3. The van der Waals surface area contributed by atoms with Crippen LogP contribution in [0.15, 0.2) is 16.9 Å². The van der Waals surface area contributed by atoms with Crippen LogP contribution < -0.4 is 5.32 Å². The molecule has 122 valence electrons. The van der Waals surface area contributed by atoms with Gasteiger partial charge >= 0.3 is 0 Å². The highest BCUT2D eigenvalue weighted by Crippen LogP contribution is 2.30. The average Bonchev–Trinajstić information content (AvgIpc) is 3.17. The minimum atomic E-state index is -0.226. The molecule has 6 heteroatoms. The molecule has 0 spiro atoms. The van der Waals surface area contributed by atoms with E-state index in [9.17, 15) is 9.59 Å². The molecule has 1 N–H and O–H groups in total. The van der Waals surface area contributed by atoms with Gasteiger partial charge in [0.05, 0.1) is 6.54 Å². The first-order chi connectivity index (χ1) is 10.7. The fourth-order valence-electron chi connectivity index (χ4n) is 2.36. The number of anilines is 1. The number of hydrogen-bond acceptors (Lipinski definition) is 4. The van der Waals surface area contributed by atoms with Crippen molar-refractivity contribution >= 4 is 17.6 Å². The third-order valence-electron chi connectivity index (χ3n) is 3.81. The van der Waals surface area contributed by atoms with Crippen LogP contribution in [0.4, 0.5) is 5.82 Å². The molecule has 1 aromatic heterocycles. The quantitative estimate of drug-likeness (QED) is 0.674. The molecule has 0 atom stereocenters. The number of carbonyl (C=O) groups excluding carboxylic acids is 2. The van der Waals surface area contributed by atoms with Gasteiger partial charge in [0.1, 0.15) is 6.26 Å². The van der Waals surface area contributed by atoms with Gasteiger partial charge < -0.3 is 14.7 Å². The number of nitrogens with one attached hydrogen (secondary N) is 1. The van der Waals surface area contributed by atoms with Gasteiger partial charge in [0, 0.05) is 19.0 Å². The topological polar surface area (TPSA) is 75.4 Å². The summed E-state index contributed by atoms with van der Waals surface area (Å²) >= 11 is 0. The second-order valence-corrected chi connectivity index (χ2v) is 5.96. The summed E-state index contributed by atoms with van der Waals surface area (Å²) in [5, 5.41) is 6.28. The van der Waals surface area contributed by atoms with Crippen molar-refractivity contribution in [2.24, 2.45) is 5.92 Å². The lowest BCUT2D eigenvalue weighted by Crippen LogP contribution is -2.39. The molecule has 2 amide bonds. The number of nitrogens with zero attached hydrogens (tertiary/aromatic N) is 2. The maximum absolute atomic E-state index is 12.3. The first kappa shape index (κ1) is 16.5. The second-order valence-electron chi connectivity index (χ2n) is 5.96. The van der Waals surface area contributed by atoms with Crippen molar-refractivity contribution in [3.8, 4) is 0 Å².